The van der Waals surface area contributed by atoms with Crippen LogP contribution in [0.25, 0.3) is 0 Å². The van der Waals surface area contributed by atoms with Crippen LogP contribution in [-0.2, 0) is 24.3 Å². The van der Waals surface area contributed by atoms with Crippen molar-refractivity contribution in [3.05, 3.63) is 29.8 Å². The van der Waals surface area contributed by atoms with Gasteiger partial charge in [-0.3, -0.25) is 4.79 Å². The first-order chi connectivity index (χ1) is 10.9. The lowest BCUT2D eigenvalue weighted by Crippen LogP contribution is -2.27. The van der Waals surface area contributed by atoms with Gasteiger partial charge in [0.1, 0.15) is 6.61 Å². The van der Waals surface area contributed by atoms with E-state index in [0.717, 1.165) is 12.8 Å². The maximum atomic E-state index is 12.4. The highest BCUT2D eigenvalue weighted by Gasteiger charge is 2.27. The SMILES string of the molecule is COCC(=O)OCC(=O)c1ccc(S(=O)(=O)N2CCCC2)cc1. The lowest BCUT2D eigenvalue weighted by Gasteiger charge is -2.15. The molecule has 0 aliphatic carbocycles. The van der Waals surface area contributed by atoms with E-state index in [-0.39, 0.29) is 17.1 Å². The highest BCUT2D eigenvalue weighted by Crippen LogP contribution is 2.21. The number of nitrogens with zero attached hydrogens (tertiary/aromatic N) is 1. The van der Waals surface area contributed by atoms with Crippen molar-refractivity contribution in [3.8, 4) is 0 Å². The Morgan fingerprint density at radius 2 is 1.70 bits per heavy atom. The maximum absolute atomic E-state index is 12.4. The summed E-state index contributed by atoms with van der Waals surface area (Å²) < 4.78 is 35.5. The molecule has 0 atom stereocenters. The molecule has 0 N–H and O–H groups in total. The van der Waals surface area contributed by atoms with Gasteiger partial charge in [0.05, 0.1) is 4.90 Å². The standard InChI is InChI=1S/C15H19NO6S/c1-21-11-15(18)22-10-14(17)12-4-6-13(7-5-12)23(19,20)16-8-2-3-9-16/h4-7H,2-3,8-11H2,1H3. The van der Waals surface area contributed by atoms with Crippen molar-refractivity contribution in [1.82, 2.24) is 4.31 Å². The molecule has 0 aromatic heterocycles. The number of ketones is 1. The molecule has 0 saturated carbocycles. The van der Waals surface area contributed by atoms with Crippen molar-refractivity contribution in [1.29, 1.82) is 0 Å². The van der Waals surface area contributed by atoms with Crippen LogP contribution in [0.5, 0.6) is 0 Å². The van der Waals surface area contributed by atoms with Crippen molar-refractivity contribution >= 4 is 21.8 Å². The summed E-state index contributed by atoms with van der Waals surface area (Å²) in [7, 11) is -2.14. The van der Waals surface area contributed by atoms with Crippen molar-refractivity contribution in [2.45, 2.75) is 17.7 Å². The van der Waals surface area contributed by atoms with E-state index in [1.54, 1.807) is 0 Å². The van der Waals surface area contributed by atoms with Crippen LogP contribution in [-0.4, -0.2) is 57.9 Å². The van der Waals surface area contributed by atoms with E-state index in [4.69, 9.17) is 4.74 Å². The predicted molar refractivity (Wildman–Crippen MR) is 81.6 cm³/mol. The molecule has 0 spiro atoms. The second-order valence-corrected chi connectivity index (χ2v) is 7.09. The molecule has 0 radical (unpaired) electrons. The Balaban J connectivity index is 2.01. The summed E-state index contributed by atoms with van der Waals surface area (Å²) in [4.78, 5) is 23.2. The summed E-state index contributed by atoms with van der Waals surface area (Å²) in [6, 6.07) is 5.65. The number of carbonyl (C=O) groups excluding carboxylic acids is 2. The molecule has 0 amide bonds. The summed E-state index contributed by atoms with van der Waals surface area (Å²) in [5.41, 5.74) is 0.288. The number of Topliss-reactive ketones (excluding diaryl/α,β-unsaturated/α-hetero) is 1. The molecule has 0 unspecified atom stereocenters. The first-order valence-corrected chi connectivity index (χ1v) is 8.67. The van der Waals surface area contributed by atoms with Gasteiger partial charge in [0.25, 0.3) is 0 Å². The fourth-order valence-electron chi connectivity index (χ4n) is 2.28. The average molecular weight is 341 g/mol. The van der Waals surface area contributed by atoms with Gasteiger partial charge in [-0.15, -0.1) is 0 Å². The summed E-state index contributed by atoms with van der Waals surface area (Å²) in [5.74, 6) is -1.03. The largest absolute Gasteiger partial charge is 0.456 e. The summed E-state index contributed by atoms with van der Waals surface area (Å²) in [6.07, 6.45) is 1.73. The lowest BCUT2D eigenvalue weighted by atomic mass is 10.1. The minimum Gasteiger partial charge on any atom is -0.456 e. The minimum atomic E-state index is -3.49. The van der Waals surface area contributed by atoms with E-state index >= 15 is 0 Å². The van der Waals surface area contributed by atoms with Crippen LogP contribution in [0, 0.1) is 0 Å². The number of carbonyl (C=O) groups is 2. The molecular formula is C15H19NO6S. The van der Waals surface area contributed by atoms with Crippen molar-refractivity contribution in [2.24, 2.45) is 0 Å². The Morgan fingerprint density at radius 1 is 1.09 bits per heavy atom. The van der Waals surface area contributed by atoms with Crippen molar-refractivity contribution in [2.75, 3.05) is 33.4 Å². The van der Waals surface area contributed by atoms with Crippen LogP contribution < -0.4 is 0 Å². The van der Waals surface area contributed by atoms with E-state index in [1.807, 2.05) is 0 Å². The van der Waals surface area contributed by atoms with Gasteiger partial charge >= 0.3 is 5.97 Å². The van der Waals surface area contributed by atoms with Gasteiger partial charge < -0.3 is 9.47 Å². The molecule has 1 saturated heterocycles. The highest BCUT2D eigenvalue weighted by atomic mass is 32.2. The van der Waals surface area contributed by atoms with Gasteiger partial charge in [0.15, 0.2) is 12.4 Å². The molecule has 8 heteroatoms. The van der Waals surface area contributed by atoms with Gasteiger partial charge in [-0.05, 0) is 37.1 Å². The number of ether oxygens (including phenoxy) is 2. The Morgan fingerprint density at radius 3 is 2.26 bits per heavy atom. The van der Waals surface area contributed by atoms with E-state index in [1.165, 1.54) is 35.7 Å². The number of benzene rings is 1. The minimum absolute atomic E-state index is 0.160. The molecule has 126 valence electrons. The Kier molecular flexibility index (Phi) is 5.86. The summed E-state index contributed by atoms with van der Waals surface area (Å²) in [5, 5.41) is 0. The van der Waals surface area contributed by atoms with E-state index in [9.17, 15) is 18.0 Å². The Labute approximate surface area is 135 Å². The van der Waals surface area contributed by atoms with Gasteiger partial charge in [-0.25, -0.2) is 13.2 Å². The number of sulfonamides is 1. The molecule has 1 aromatic carbocycles. The second kappa shape index (κ2) is 7.67. The maximum Gasteiger partial charge on any atom is 0.332 e. The van der Waals surface area contributed by atoms with Crippen LogP contribution in [0.15, 0.2) is 29.2 Å². The van der Waals surface area contributed by atoms with E-state index < -0.39 is 28.4 Å². The molecule has 1 aliphatic heterocycles. The van der Waals surface area contributed by atoms with E-state index in [0.29, 0.717) is 13.1 Å². The molecule has 1 aliphatic rings. The molecule has 1 aromatic rings. The Bertz CT molecular complexity index is 662. The van der Waals surface area contributed by atoms with Gasteiger partial charge in [0, 0.05) is 25.8 Å². The average Bonchev–Trinajstić information content (AvgIpc) is 3.08. The molecule has 1 fully saturated rings. The third-order valence-electron chi connectivity index (χ3n) is 3.51. The zero-order chi connectivity index (χ0) is 16.9. The molecule has 7 nitrogen and oxygen atoms in total. The van der Waals surface area contributed by atoms with Crippen LogP contribution in [0.2, 0.25) is 0 Å². The summed E-state index contributed by atoms with van der Waals surface area (Å²) in [6.45, 7) is 0.428. The fraction of sp³-hybridized carbons (Fsp3) is 0.467. The van der Waals surface area contributed by atoms with Gasteiger partial charge in [-0.2, -0.15) is 4.31 Å². The quantitative estimate of drug-likeness (QED) is 0.539. The third-order valence-corrected chi connectivity index (χ3v) is 5.42. The van der Waals surface area contributed by atoms with Gasteiger partial charge in [-0.1, -0.05) is 0 Å². The molecule has 0 bridgehead atoms. The number of hydrogen-bond donors (Lipinski definition) is 0. The lowest BCUT2D eigenvalue weighted by molar-refractivity contribution is -0.146. The number of hydrogen-bond acceptors (Lipinski definition) is 6. The predicted octanol–water partition coefficient (Wildman–Crippen LogP) is 0.843. The monoisotopic (exact) mass is 341 g/mol. The molecular weight excluding hydrogens is 322 g/mol. The van der Waals surface area contributed by atoms with Crippen molar-refractivity contribution < 1.29 is 27.5 Å². The fourth-order valence-corrected chi connectivity index (χ4v) is 3.80. The molecule has 23 heavy (non-hydrogen) atoms. The Hall–Kier alpha value is -1.77. The molecule has 1 heterocycles. The van der Waals surface area contributed by atoms with Gasteiger partial charge in [0.2, 0.25) is 10.0 Å². The number of esters is 1. The number of methoxy groups -OCH3 is 1. The van der Waals surface area contributed by atoms with Crippen LogP contribution in [0.4, 0.5) is 0 Å². The third kappa shape index (κ3) is 4.37. The van der Waals surface area contributed by atoms with Crippen molar-refractivity contribution in [3.63, 3.8) is 0 Å². The topological polar surface area (TPSA) is 90.0 Å². The zero-order valence-corrected chi connectivity index (χ0v) is 13.7. The van der Waals surface area contributed by atoms with Crippen LogP contribution in [0.1, 0.15) is 23.2 Å². The molecule has 2 rings (SSSR count). The second-order valence-electron chi connectivity index (χ2n) is 5.15. The zero-order valence-electron chi connectivity index (χ0n) is 12.9. The normalized spacial score (nSPS) is 15.5. The highest BCUT2D eigenvalue weighted by molar-refractivity contribution is 7.89. The smallest absolute Gasteiger partial charge is 0.332 e. The number of rotatable bonds is 7. The van der Waals surface area contributed by atoms with Crippen LogP contribution >= 0.6 is 0 Å². The first-order valence-electron chi connectivity index (χ1n) is 7.23. The first kappa shape index (κ1) is 17.6. The summed E-state index contributed by atoms with van der Waals surface area (Å²) >= 11 is 0. The van der Waals surface area contributed by atoms with Crippen LogP contribution in [0.3, 0.4) is 0 Å². The van der Waals surface area contributed by atoms with E-state index in [2.05, 4.69) is 4.74 Å².